The number of carbonyl (C=O) groups is 1. The molecule has 3 aliphatic heterocycles. The molecule has 3 N–H and O–H groups in total. The van der Waals surface area contributed by atoms with Crippen molar-refractivity contribution in [2.24, 2.45) is 0 Å². The van der Waals surface area contributed by atoms with E-state index in [1.165, 1.54) is 5.56 Å². The number of hydrogen-bond donors (Lipinski definition) is 3. The largest absolute Gasteiger partial charge is 0.493 e. The van der Waals surface area contributed by atoms with Crippen molar-refractivity contribution in [3.8, 4) is 34.2 Å². The van der Waals surface area contributed by atoms with Crippen LogP contribution in [0.15, 0.2) is 85.1 Å². The van der Waals surface area contributed by atoms with Gasteiger partial charge >= 0.3 is 6.03 Å². The summed E-state index contributed by atoms with van der Waals surface area (Å²) in [4.78, 5) is 19.7. The Morgan fingerprint density at radius 1 is 0.955 bits per heavy atom. The van der Waals surface area contributed by atoms with Crippen molar-refractivity contribution < 1.29 is 9.53 Å². The van der Waals surface area contributed by atoms with Crippen LogP contribution in [0.5, 0.6) is 5.75 Å². The number of rotatable bonds is 5. The second-order valence-corrected chi connectivity index (χ2v) is 11.5. The molecule has 10 nitrogen and oxygen atoms in total. The van der Waals surface area contributed by atoms with Crippen LogP contribution in [0.2, 0.25) is 0 Å². The molecule has 0 atom stereocenters. The minimum absolute atomic E-state index is 0.151. The molecular weight excluding hydrogens is 552 g/mol. The minimum atomic E-state index is -0.151. The summed E-state index contributed by atoms with van der Waals surface area (Å²) in [6, 6.07) is 26.5. The molecule has 220 valence electrons. The lowest BCUT2D eigenvalue weighted by Crippen LogP contribution is -2.45. The van der Waals surface area contributed by atoms with Gasteiger partial charge in [0.05, 0.1) is 18.0 Å². The maximum absolute atomic E-state index is 12.6. The van der Waals surface area contributed by atoms with Crippen LogP contribution in [0, 0.1) is 0 Å². The van der Waals surface area contributed by atoms with Crippen molar-refractivity contribution in [1.82, 2.24) is 30.0 Å². The first-order valence-electron chi connectivity index (χ1n) is 15.1. The van der Waals surface area contributed by atoms with Gasteiger partial charge in [0, 0.05) is 55.1 Å². The van der Waals surface area contributed by atoms with Crippen molar-refractivity contribution in [2.75, 3.05) is 30.3 Å². The molecule has 0 spiro atoms. The van der Waals surface area contributed by atoms with Gasteiger partial charge in [-0.2, -0.15) is 0 Å². The highest BCUT2D eigenvalue weighted by Crippen LogP contribution is 2.39. The standard InChI is InChI=1S/C34H32N8O2/c43-34(37-26-11-12-30-24(20-26)15-19-44-30)36-25-13-17-41(18-14-25)21-22-7-9-23(10-8-22)32-39-40-33-27-4-1-2-5-28(27)38-31-29(42(32)33)6-3-16-35-31/h1-12,16,20,25H,13-15,17-19,21H2,(H,35,38)(H2,36,37,43). The third-order valence-corrected chi connectivity index (χ3v) is 8.60. The second-order valence-electron chi connectivity index (χ2n) is 11.5. The van der Waals surface area contributed by atoms with Gasteiger partial charge in [0.1, 0.15) is 5.75 Å². The summed E-state index contributed by atoms with van der Waals surface area (Å²) in [6.07, 6.45) is 4.50. The summed E-state index contributed by atoms with van der Waals surface area (Å²) in [7, 11) is 0. The molecule has 1 fully saturated rings. The first-order valence-corrected chi connectivity index (χ1v) is 15.1. The van der Waals surface area contributed by atoms with Crippen LogP contribution in [-0.4, -0.2) is 56.4 Å². The van der Waals surface area contributed by atoms with E-state index < -0.39 is 0 Å². The predicted octanol–water partition coefficient (Wildman–Crippen LogP) is 5.77. The number of amides is 2. The van der Waals surface area contributed by atoms with Crippen molar-refractivity contribution in [2.45, 2.75) is 31.8 Å². The van der Waals surface area contributed by atoms with Gasteiger partial charge in [-0.1, -0.05) is 36.4 Å². The Morgan fingerprint density at radius 3 is 2.68 bits per heavy atom. The van der Waals surface area contributed by atoms with Crippen LogP contribution >= 0.6 is 0 Å². The number of aromatic nitrogens is 4. The molecule has 0 saturated carbocycles. The van der Waals surface area contributed by atoms with E-state index in [4.69, 9.17) is 4.74 Å². The molecule has 0 bridgehead atoms. The molecule has 5 aromatic rings. The molecule has 8 rings (SSSR count). The van der Waals surface area contributed by atoms with Gasteiger partial charge in [0.25, 0.3) is 0 Å². The normalized spacial score (nSPS) is 15.5. The molecule has 10 heteroatoms. The van der Waals surface area contributed by atoms with Gasteiger partial charge in [-0.25, -0.2) is 9.78 Å². The van der Waals surface area contributed by atoms with E-state index in [1.54, 1.807) is 6.20 Å². The van der Waals surface area contributed by atoms with E-state index in [0.29, 0.717) is 6.61 Å². The van der Waals surface area contributed by atoms with Crippen molar-refractivity contribution in [3.63, 3.8) is 0 Å². The number of fused-ring (bicyclic) bond motifs is 6. The zero-order valence-electron chi connectivity index (χ0n) is 24.2. The van der Waals surface area contributed by atoms with E-state index in [2.05, 4.69) is 70.9 Å². The zero-order chi connectivity index (χ0) is 29.5. The van der Waals surface area contributed by atoms with Crippen LogP contribution in [-0.2, 0) is 13.0 Å². The van der Waals surface area contributed by atoms with E-state index >= 15 is 0 Å². The van der Waals surface area contributed by atoms with Crippen molar-refractivity contribution in [3.05, 3.63) is 96.2 Å². The fourth-order valence-electron chi connectivity index (χ4n) is 6.33. The van der Waals surface area contributed by atoms with Crippen molar-refractivity contribution >= 4 is 23.2 Å². The van der Waals surface area contributed by atoms with Gasteiger partial charge in [0.2, 0.25) is 0 Å². The number of piperidine rings is 1. The van der Waals surface area contributed by atoms with Gasteiger partial charge in [-0.05, 0) is 66.4 Å². The molecule has 1 saturated heterocycles. The molecule has 2 aromatic heterocycles. The Hall–Kier alpha value is -5.22. The summed E-state index contributed by atoms with van der Waals surface area (Å²) in [5, 5.41) is 18.8. The number of likely N-dealkylation sites (tertiary alicyclic amines) is 1. The van der Waals surface area contributed by atoms with Gasteiger partial charge in [0.15, 0.2) is 17.5 Å². The summed E-state index contributed by atoms with van der Waals surface area (Å²) >= 11 is 0. The van der Waals surface area contributed by atoms with E-state index in [1.807, 2.05) is 48.5 Å². The summed E-state index contributed by atoms with van der Waals surface area (Å²) in [6.45, 7) is 3.42. The Balaban J connectivity index is 0.913. The summed E-state index contributed by atoms with van der Waals surface area (Å²) < 4.78 is 7.64. The number of anilines is 3. The topological polar surface area (TPSA) is 109 Å². The molecule has 0 radical (unpaired) electrons. The van der Waals surface area contributed by atoms with Crippen LogP contribution < -0.4 is 20.7 Å². The lowest BCUT2D eigenvalue weighted by atomic mass is 10.0. The zero-order valence-corrected chi connectivity index (χ0v) is 24.2. The van der Waals surface area contributed by atoms with Crippen LogP contribution in [0.4, 0.5) is 22.0 Å². The molecule has 0 unspecified atom stereocenters. The number of pyridine rings is 1. The highest BCUT2D eigenvalue weighted by molar-refractivity contribution is 5.89. The number of nitrogens with zero attached hydrogens (tertiary/aromatic N) is 5. The highest BCUT2D eigenvalue weighted by atomic mass is 16.5. The highest BCUT2D eigenvalue weighted by Gasteiger charge is 2.25. The number of ether oxygens (including phenoxy) is 1. The van der Waals surface area contributed by atoms with Crippen LogP contribution in [0.25, 0.3) is 28.5 Å². The number of nitrogens with one attached hydrogen (secondary N) is 3. The predicted molar refractivity (Wildman–Crippen MR) is 169 cm³/mol. The molecule has 3 aliphatic rings. The lowest BCUT2D eigenvalue weighted by Gasteiger charge is -2.32. The summed E-state index contributed by atoms with van der Waals surface area (Å²) in [5.74, 6) is 3.24. The third-order valence-electron chi connectivity index (χ3n) is 8.60. The lowest BCUT2D eigenvalue weighted by molar-refractivity contribution is 0.190. The maximum Gasteiger partial charge on any atom is 0.319 e. The Kier molecular flexibility index (Phi) is 6.68. The molecule has 5 heterocycles. The van der Waals surface area contributed by atoms with Crippen molar-refractivity contribution in [1.29, 1.82) is 0 Å². The second kappa shape index (κ2) is 11.1. The smallest absolute Gasteiger partial charge is 0.319 e. The maximum atomic E-state index is 12.6. The Bertz CT molecular complexity index is 1840. The molecule has 2 amide bonds. The number of carbonyl (C=O) groups excluding carboxylic acids is 1. The number of urea groups is 1. The molecular formula is C34H32N8O2. The molecule has 44 heavy (non-hydrogen) atoms. The van der Waals surface area contributed by atoms with Gasteiger partial charge in [-0.3, -0.25) is 9.47 Å². The average Bonchev–Trinajstić information content (AvgIpc) is 3.67. The monoisotopic (exact) mass is 584 g/mol. The Morgan fingerprint density at radius 2 is 1.80 bits per heavy atom. The summed E-state index contributed by atoms with van der Waals surface area (Å²) in [5.41, 5.74) is 7.03. The fraction of sp³-hybridized carbons (Fsp3) is 0.235. The minimum Gasteiger partial charge on any atom is -0.493 e. The number of benzene rings is 3. The quantitative estimate of drug-likeness (QED) is 0.236. The van der Waals surface area contributed by atoms with Gasteiger partial charge in [-0.15, -0.1) is 10.2 Å². The van der Waals surface area contributed by atoms with E-state index in [0.717, 1.165) is 95.9 Å². The first kappa shape index (κ1) is 26.4. The van der Waals surface area contributed by atoms with Crippen LogP contribution in [0.3, 0.4) is 0 Å². The third kappa shape index (κ3) is 5.03. The van der Waals surface area contributed by atoms with Gasteiger partial charge < -0.3 is 20.7 Å². The van der Waals surface area contributed by atoms with E-state index in [9.17, 15) is 4.79 Å². The fourth-order valence-corrected chi connectivity index (χ4v) is 6.33. The molecule has 0 aliphatic carbocycles. The number of hydrogen-bond acceptors (Lipinski definition) is 7. The number of para-hydroxylation sites is 1. The Labute approximate surface area is 255 Å². The molecule has 3 aromatic carbocycles. The van der Waals surface area contributed by atoms with Crippen LogP contribution in [0.1, 0.15) is 24.0 Å². The first-order chi connectivity index (χ1) is 21.7. The average molecular weight is 585 g/mol. The SMILES string of the molecule is O=C(Nc1ccc2c(c1)CCO2)NC1CCN(Cc2ccc(-c3nnc4n3-c3cccnc3Nc3ccccc3-4)cc2)CC1. The van der Waals surface area contributed by atoms with E-state index in [-0.39, 0.29) is 12.1 Å².